The summed E-state index contributed by atoms with van der Waals surface area (Å²) in [4.78, 5) is 2.42. The molecule has 3 nitrogen and oxygen atoms in total. The molecule has 86 valence electrons. The standard InChI is InChI=1S/C13H18N2O/c1-9(14)8-15-6-4-10-2-3-12-11(13(10)15)5-7-16-12/h2-3,9H,4-8,14H2,1H3. The van der Waals surface area contributed by atoms with Crippen LogP contribution in [0.3, 0.4) is 0 Å². The summed E-state index contributed by atoms with van der Waals surface area (Å²) in [6.45, 7) is 4.95. The molecule has 3 heteroatoms. The summed E-state index contributed by atoms with van der Waals surface area (Å²) in [6.07, 6.45) is 2.20. The van der Waals surface area contributed by atoms with Gasteiger partial charge < -0.3 is 15.4 Å². The smallest absolute Gasteiger partial charge is 0.124 e. The molecule has 2 N–H and O–H groups in total. The molecule has 16 heavy (non-hydrogen) atoms. The van der Waals surface area contributed by atoms with Gasteiger partial charge in [0.2, 0.25) is 0 Å². The summed E-state index contributed by atoms with van der Waals surface area (Å²) in [5, 5.41) is 0. The summed E-state index contributed by atoms with van der Waals surface area (Å²) < 4.78 is 5.62. The Labute approximate surface area is 96.2 Å². The molecule has 0 amide bonds. The van der Waals surface area contributed by atoms with E-state index in [1.807, 2.05) is 0 Å². The maximum absolute atomic E-state index is 5.90. The third-order valence-corrected chi connectivity index (χ3v) is 3.41. The van der Waals surface area contributed by atoms with Crippen LogP contribution >= 0.6 is 0 Å². The number of anilines is 1. The van der Waals surface area contributed by atoms with Crippen LogP contribution in [0.25, 0.3) is 0 Å². The fraction of sp³-hybridized carbons (Fsp3) is 0.538. The minimum atomic E-state index is 0.226. The van der Waals surface area contributed by atoms with Crippen molar-refractivity contribution in [3.63, 3.8) is 0 Å². The van der Waals surface area contributed by atoms with Crippen molar-refractivity contribution < 1.29 is 4.74 Å². The van der Waals surface area contributed by atoms with Crippen LogP contribution in [0.1, 0.15) is 18.1 Å². The highest BCUT2D eigenvalue weighted by atomic mass is 16.5. The van der Waals surface area contributed by atoms with Crippen molar-refractivity contribution in [2.24, 2.45) is 5.73 Å². The predicted octanol–water partition coefficient (Wildman–Crippen LogP) is 1.33. The van der Waals surface area contributed by atoms with Gasteiger partial charge in [-0.15, -0.1) is 0 Å². The van der Waals surface area contributed by atoms with Crippen molar-refractivity contribution in [1.82, 2.24) is 0 Å². The van der Waals surface area contributed by atoms with Crippen LogP contribution < -0.4 is 15.4 Å². The summed E-state index contributed by atoms with van der Waals surface area (Å²) in [7, 11) is 0. The lowest BCUT2D eigenvalue weighted by atomic mass is 10.1. The second kappa shape index (κ2) is 3.67. The number of rotatable bonds is 2. The van der Waals surface area contributed by atoms with Gasteiger partial charge in [0.15, 0.2) is 0 Å². The monoisotopic (exact) mass is 218 g/mol. The number of nitrogens with zero attached hydrogens (tertiary/aromatic N) is 1. The second-order valence-corrected chi connectivity index (χ2v) is 4.82. The molecule has 0 aliphatic carbocycles. The number of hydrogen-bond acceptors (Lipinski definition) is 3. The van der Waals surface area contributed by atoms with E-state index in [9.17, 15) is 0 Å². The SMILES string of the molecule is CC(N)CN1CCc2ccc3c(c21)CCO3. The van der Waals surface area contributed by atoms with Gasteiger partial charge in [-0.25, -0.2) is 0 Å². The predicted molar refractivity (Wildman–Crippen MR) is 65.2 cm³/mol. The van der Waals surface area contributed by atoms with Crippen molar-refractivity contribution in [1.29, 1.82) is 0 Å². The normalized spacial score (nSPS) is 19.2. The van der Waals surface area contributed by atoms with Crippen molar-refractivity contribution in [2.75, 3.05) is 24.6 Å². The highest BCUT2D eigenvalue weighted by molar-refractivity contribution is 5.68. The fourth-order valence-electron chi connectivity index (χ4n) is 2.80. The van der Waals surface area contributed by atoms with Gasteiger partial charge in [0, 0.05) is 36.8 Å². The largest absolute Gasteiger partial charge is 0.493 e. The van der Waals surface area contributed by atoms with Gasteiger partial charge in [0.25, 0.3) is 0 Å². The van der Waals surface area contributed by atoms with Gasteiger partial charge in [-0.05, 0) is 25.0 Å². The van der Waals surface area contributed by atoms with Crippen molar-refractivity contribution in [3.05, 3.63) is 23.3 Å². The Morgan fingerprint density at radius 2 is 2.31 bits per heavy atom. The Kier molecular flexibility index (Phi) is 2.28. The van der Waals surface area contributed by atoms with E-state index in [-0.39, 0.29) is 6.04 Å². The maximum atomic E-state index is 5.90. The average molecular weight is 218 g/mol. The highest BCUT2D eigenvalue weighted by Crippen LogP contribution is 2.40. The molecule has 1 atom stereocenters. The summed E-state index contributed by atoms with van der Waals surface area (Å²) in [5.41, 5.74) is 10.2. The third-order valence-electron chi connectivity index (χ3n) is 3.41. The van der Waals surface area contributed by atoms with Crippen molar-refractivity contribution in [2.45, 2.75) is 25.8 Å². The Morgan fingerprint density at radius 3 is 3.12 bits per heavy atom. The van der Waals surface area contributed by atoms with Gasteiger partial charge >= 0.3 is 0 Å². The van der Waals surface area contributed by atoms with E-state index in [4.69, 9.17) is 10.5 Å². The first-order valence-electron chi connectivity index (χ1n) is 6.04. The van der Waals surface area contributed by atoms with E-state index in [1.54, 1.807) is 0 Å². The second-order valence-electron chi connectivity index (χ2n) is 4.82. The first kappa shape index (κ1) is 9.97. The van der Waals surface area contributed by atoms with Gasteiger partial charge in [-0.1, -0.05) is 6.07 Å². The maximum Gasteiger partial charge on any atom is 0.124 e. The molecule has 0 saturated heterocycles. The first-order valence-corrected chi connectivity index (χ1v) is 6.04. The Hall–Kier alpha value is -1.22. The van der Waals surface area contributed by atoms with Crippen LogP contribution in [-0.4, -0.2) is 25.7 Å². The minimum absolute atomic E-state index is 0.226. The van der Waals surface area contributed by atoms with Crippen LogP contribution in [0.15, 0.2) is 12.1 Å². The molecular weight excluding hydrogens is 200 g/mol. The lowest BCUT2D eigenvalue weighted by Crippen LogP contribution is -2.34. The van der Waals surface area contributed by atoms with E-state index in [0.29, 0.717) is 0 Å². The minimum Gasteiger partial charge on any atom is -0.493 e. The molecule has 1 aromatic rings. The topological polar surface area (TPSA) is 38.5 Å². The van der Waals surface area contributed by atoms with Gasteiger partial charge in [-0.2, -0.15) is 0 Å². The molecule has 0 radical (unpaired) electrons. The van der Waals surface area contributed by atoms with E-state index in [0.717, 1.165) is 38.3 Å². The average Bonchev–Trinajstić information content (AvgIpc) is 2.82. The molecule has 0 aromatic heterocycles. The molecule has 1 aromatic carbocycles. The van der Waals surface area contributed by atoms with Gasteiger partial charge in [-0.3, -0.25) is 0 Å². The van der Waals surface area contributed by atoms with E-state index < -0.39 is 0 Å². The Balaban J connectivity index is 2.00. The number of fused-ring (bicyclic) bond motifs is 3. The van der Waals surface area contributed by atoms with Crippen LogP contribution in [0.2, 0.25) is 0 Å². The van der Waals surface area contributed by atoms with Gasteiger partial charge in [0.1, 0.15) is 5.75 Å². The summed E-state index contributed by atoms with van der Waals surface area (Å²) in [5.74, 6) is 1.08. The molecule has 0 spiro atoms. The lowest BCUT2D eigenvalue weighted by molar-refractivity contribution is 0.357. The van der Waals surface area contributed by atoms with Crippen molar-refractivity contribution in [3.8, 4) is 5.75 Å². The molecular formula is C13H18N2O. The third kappa shape index (κ3) is 1.47. The quantitative estimate of drug-likeness (QED) is 0.814. The molecule has 2 heterocycles. The van der Waals surface area contributed by atoms with Crippen LogP contribution in [-0.2, 0) is 12.8 Å². The number of benzene rings is 1. The molecule has 2 aliphatic heterocycles. The number of ether oxygens (including phenoxy) is 1. The number of nitrogens with two attached hydrogens (primary N) is 1. The van der Waals surface area contributed by atoms with E-state index in [1.165, 1.54) is 16.8 Å². The fourth-order valence-corrected chi connectivity index (χ4v) is 2.80. The zero-order valence-corrected chi connectivity index (χ0v) is 9.70. The Bertz CT molecular complexity index is 415. The zero-order chi connectivity index (χ0) is 11.1. The first-order chi connectivity index (χ1) is 7.75. The molecule has 1 unspecified atom stereocenters. The molecule has 0 fully saturated rings. The molecule has 3 rings (SSSR count). The highest BCUT2D eigenvalue weighted by Gasteiger charge is 2.27. The molecule has 0 saturated carbocycles. The van der Waals surface area contributed by atoms with E-state index >= 15 is 0 Å². The van der Waals surface area contributed by atoms with Crippen LogP contribution in [0.4, 0.5) is 5.69 Å². The molecule has 0 bridgehead atoms. The van der Waals surface area contributed by atoms with Crippen LogP contribution in [0.5, 0.6) is 5.75 Å². The van der Waals surface area contributed by atoms with Gasteiger partial charge in [0.05, 0.1) is 6.61 Å². The number of hydrogen-bond donors (Lipinski definition) is 1. The summed E-state index contributed by atoms with van der Waals surface area (Å²) >= 11 is 0. The van der Waals surface area contributed by atoms with Crippen LogP contribution in [0, 0.1) is 0 Å². The van der Waals surface area contributed by atoms with E-state index in [2.05, 4.69) is 24.0 Å². The lowest BCUT2D eigenvalue weighted by Gasteiger charge is -2.23. The zero-order valence-electron chi connectivity index (χ0n) is 9.70. The summed E-state index contributed by atoms with van der Waals surface area (Å²) in [6, 6.07) is 4.56. The van der Waals surface area contributed by atoms with Crippen molar-refractivity contribution >= 4 is 5.69 Å². The Morgan fingerprint density at radius 1 is 1.44 bits per heavy atom. The molecule has 2 aliphatic rings.